The Bertz CT molecular complexity index is 438. The maximum absolute atomic E-state index is 14.0. The molecular formula is C14H17FO5. The van der Waals surface area contributed by atoms with Crippen molar-refractivity contribution in [2.75, 3.05) is 13.7 Å². The molecule has 1 fully saturated rings. The fourth-order valence-corrected chi connectivity index (χ4v) is 2.07. The summed E-state index contributed by atoms with van der Waals surface area (Å²) in [5.41, 5.74) is 0.377. The van der Waals surface area contributed by atoms with Crippen molar-refractivity contribution < 1.29 is 28.5 Å². The lowest BCUT2D eigenvalue weighted by atomic mass is 10.0. The second kappa shape index (κ2) is 6.78. The molecule has 6 heteroatoms. The van der Waals surface area contributed by atoms with Crippen LogP contribution in [0.25, 0.3) is 0 Å². The Morgan fingerprint density at radius 2 is 2.15 bits per heavy atom. The number of hydrogen-bond donors (Lipinski definition) is 1. The number of aliphatic hydroxyl groups excluding tert-OH is 1. The maximum Gasteiger partial charge on any atom is 0.338 e. The minimum Gasteiger partial charge on any atom is -0.459 e. The largest absolute Gasteiger partial charge is 0.459 e. The van der Waals surface area contributed by atoms with E-state index in [4.69, 9.17) is 14.2 Å². The van der Waals surface area contributed by atoms with Gasteiger partial charge in [0.05, 0.1) is 11.7 Å². The van der Waals surface area contributed by atoms with E-state index in [1.165, 1.54) is 7.11 Å². The standard InChI is InChI=1S/C14H17FO5/c1-18-10-7-12(16)20-11(13(10)15)8-19-14(17)9-5-3-2-4-6-9/h2-6,10-13,16H,7-8H2,1H3/t10?,11?,12-,13-/m0/s1. The highest BCUT2D eigenvalue weighted by molar-refractivity contribution is 5.89. The smallest absolute Gasteiger partial charge is 0.338 e. The molecule has 1 aliphatic rings. The minimum atomic E-state index is -1.45. The van der Waals surface area contributed by atoms with Gasteiger partial charge in [-0.2, -0.15) is 0 Å². The number of aliphatic hydroxyl groups is 1. The Morgan fingerprint density at radius 1 is 1.45 bits per heavy atom. The third kappa shape index (κ3) is 3.53. The molecule has 1 saturated heterocycles. The normalized spacial score (nSPS) is 29.9. The second-order valence-electron chi connectivity index (χ2n) is 4.55. The summed E-state index contributed by atoms with van der Waals surface area (Å²) in [6.45, 7) is -0.272. The number of methoxy groups -OCH3 is 1. The van der Waals surface area contributed by atoms with Crippen LogP contribution in [-0.4, -0.2) is 49.5 Å². The van der Waals surface area contributed by atoms with E-state index in [-0.39, 0.29) is 13.0 Å². The Kier molecular flexibility index (Phi) is 5.05. The lowest BCUT2D eigenvalue weighted by molar-refractivity contribution is -0.229. The molecule has 1 aromatic rings. The predicted molar refractivity (Wildman–Crippen MR) is 67.9 cm³/mol. The molecule has 0 saturated carbocycles. The first-order chi connectivity index (χ1) is 9.61. The number of rotatable bonds is 4. The minimum absolute atomic E-state index is 0.0563. The average Bonchev–Trinajstić information content (AvgIpc) is 2.48. The topological polar surface area (TPSA) is 65.0 Å². The lowest BCUT2D eigenvalue weighted by Crippen LogP contribution is -2.49. The molecule has 0 amide bonds. The molecule has 1 aliphatic heterocycles. The highest BCUT2D eigenvalue weighted by Gasteiger charge is 2.39. The van der Waals surface area contributed by atoms with E-state index < -0.39 is 30.6 Å². The van der Waals surface area contributed by atoms with Crippen LogP contribution in [0.2, 0.25) is 0 Å². The van der Waals surface area contributed by atoms with Gasteiger partial charge in [-0.05, 0) is 12.1 Å². The summed E-state index contributed by atoms with van der Waals surface area (Å²) in [5, 5.41) is 9.47. The number of halogens is 1. The number of esters is 1. The van der Waals surface area contributed by atoms with Crippen LogP contribution in [0, 0.1) is 0 Å². The van der Waals surface area contributed by atoms with E-state index in [1.54, 1.807) is 30.3 Å². The van der Waals surface area contributed by atoms with Gasteiger partial charge in [0.25, 0.3) is 0 Å². The van der Waals surface area contributed by atoms with Crippen molar-refractivity contribution in [3.05, 3.63) is 35.9 Å². The molecule has 5 nitrogen and oxygen atoms in total. The zero-order valence-corrected chi connectivity index (χ0v) is 11.1. The quantitative estimate of drug-likeness (QED) is 0.844. The van der Waals surface area contributed by atoms with E-state index in [9.17, 15) is 14.3 Å². The fourth-order valence-electron chi connectivity index (χ4n) is 2.07. The van der Waals surface area contributed by atoms with Gasteiger partial charge in [-0.3, -0.25) is 0 Å². The van der Waals surface area contributed by atoms with Crippen LogP contribution in [0.4, 0.5) is 4.39 Å². The van der Waals surface area contributed by atoms with E-state index in [0.717, 1.165) is 0 Å². The summed E-state index contributed by atoms with van der Waals surface area (Å²) in [4.78, 5) is 11.7. The average molecular weight is 284 g/mol. The molecule has 0 bridgehead atoms. The van der Waals surface area contributed by atoms with Crippen LogP contribution >= 0.6 is 0 Å². The van der Waals surface area contributed by atoms with Gasteiger partial charge in [0, 0.05) is 13.5 Å². The molecule has 110 valence electrons. The first-order valence-electron chi connectivity index (χ1n) is 6.34. The van der Waals surface area contributed by atoms with Crippen molar-refractivity contribution in [3.8, 4) is 0 Å². The fraction of sp³-hybridized carbons (Fsp3) is 0.500. The van der Waals surface area contributed by atoms with E-state index in [1.807, 2.05) is 0 Å². The molecule has 1 N–H and O–H groups in total. The molecule has 0 aromatic heterocycles. The summed E-state index contributed by atoms with van der Waals surface area (Å²) in [6, 6.07) is 8.39. The summed E-state index contributed by atoms with van der Waals surface area (Å²) in [6.07, 6.45) is -4.31. The summed E-state index contributed by atoms with van der Waals surface area (Å²) in [5.74, 6) is -0.560. The zero-order chi connectivity index (χ0) is 14.5. The highest BCUT2D eigenvalue weighted by atomic mass is 19.1. The first-order valence-corrected chi connectivity index (χ1v) is 6.34. The van der Waals surface area contributed by atoms with Gasteiger partial charge in [0.1, 0.15) is 12.7 Å². The molecule has 1 heterocycles. The number of ether oxygens (including phenoxy) is 3. The third-order valence-corrected chi connectivity index (χ3v) is 3.17. The predicted octanol–water partition coefficient (Wildman–Crippen LogP) is 1.30. The van der Waals surface area contributed by atoms with E-state index in [2.05, 4.69) is 0 Å². The SMILES string of the molecule is COC1C[C@@H](O)OC(COC(=O)c2ccccc2)[C@H]1F. The van der Waals surface area contributed by atoms with Crippen molar-refractivity contribution in [1.29, 1.82) is 0 Å². The Labute approximate surface area is 116 Å². The number of carbonyl (C=O) groups is 1. The van der Waals surface area contributed by atoms with Gasteiger partial charge in [0.2, 0.25) is 0 Å². The van der Waals surface area contributed by atoms with Crippen molar-refractivity contribution in [1.82, 2.24) is 0 Å². The molecule has 20 heavy (non-hydrogen) atoms. The number of alkyl halides is 1. The maximum atomic E-state index is 14.0. The van der Waals surface area contributed by atoms with Crippen molar-refractivity contribution in [2.24, 2.45) is 0 Å². The zero-order valence-electron chi connectivity index (χ0n) is 11.1. The molecule has 1 aromatic carbocycles. The second-order valence-corrected chi connectivity index (χ2v) is 4.55. The molecule has 0 aliphatic carbocycles. The number of benzene rings is 1. The Hall–Kier alpha value is -1.50. The lowest BCUT2D eigenvalue weighted by Gasteiger charge is -2.34. The van der Waals surface area contributed by atoms with E-state index in [0.29, 0.717) is 5.56 Å². The van der Waals surface area contributed by atoms with Gasteiger partial charge in [-0.15, -0.1) is 0 Å². The monoisotopic (exact) mass is 284 g/mol. The molecule has 0 radical (unpaired) electrons. The number of hydrogen-bond acceptors (Lipinski definition) is 5. The van der Waals surface area contributed by atoms with E-state index >= 15 is 0 Å². The third-order valence-electron chi connectivity index (χ3n) is 3.17. The highest BCUT2D eigenvalue weighted by Crippen LogP contribution is 2.24. The molecule has 2 unspecified atom stereocenters. The van der Waals surface area contributed by atoms with Crippen LogP contribution in [0.3, 0.4) is 0 Å². The van der Waals surface area contributed by atoms with Gasteiger partial charge in [-0.25, -0.2) is 9.18 Å². The van der Waals surface area contributed by atoms with Crippen LogP contribution in [0.15, 0.2) is 30.3 Å². The van der Waals surface area contributed by atoms with Gasteiger partial charge in [0.15, 0.2) is 12.5 Å². The van der Waals surface area contributed by atoms with Crippen molar-refractivity contribution in [2.45, 2.75) is 31.1 Å². The van der Waals surface area contributed by atoms with Crippen LogP contribution in [-0.2, 0) is 14.2 Å². The van der Waals surface area contributed by atoms with Crippen LogP contribution in [0.5, 0.6) is 0 Å². The summed E-state index contributed by atoms with van der Waals surface area (Å²) >= 11 is 0. The Morgan fingerprint density at radius 3 is 2.80 bits per heavy atom. The summed E-state index contributed by atoms with van der Waals surface area (Å²) in [7, 11) is 1.36. The van der Waals surface area contributed by atoms with Crippen molar-refractivity contribution in [3.63, 3.8) is 0 Å². The molecule has 2 rings (SSSR count). The molecule has 4 atom stereocenters. The Balaban J connectivity index is 1.91. The van der Waals surface area contributed by atoms with Gasteiger partial charge >= 0.3 is 5.97 Å². The first kappa shape index (κ1) is 14.9. The molecule has 0 spiro atoms. The van der Waals surface area contributed by atoms with Gasteiger partial charge < -0.3 is 19.3 Å². The molecular weight excluding hydrogens is 267 g/mol. The number of carbonyl (C=O) groups excluding carboxylic acids is 1. The van der Waals surface area contributed by atoms with Crippen LogP contribution in [0.1, 0.15) is 16.8 Å². The van der Waals surface area contributed by atoms with Crippen molar-refractivity contribution >= 4 is 5.97 Å². The van der Waals surface area contributed by atoms with Crippen LogP contribution < -0.4 is 0 Å². The summed E-state index contributed by atoms with van der Waals surface area (Å²) < 4.78 is 29.0. The van der Waals surface area contributed by atoms with Gasteiger partial charge in [-0.1, -0.05) is 18.2 Å².